The van der Waals surface area contributed by atoms with Crippen LogP contribution in [0.3, 0.4) is 0 Å². The molecule has 0 unspecified atom stereocenters. The first-order valence-corrected chi connectivity index (χ1v) is 7.30. The third-order valence-corrected chi connectivity index (χ3v) is 3.92. The van der Waals surface area contributed by atoms with E-state index in [0.717, 1.165) is 4.52 Å². The second kappa shape index (κ2) is 5.94. The van der Waals surface area contributed by atoms with Gasteiger partial charge in [-0.05, 0) is 0 Å². The number of methoxy groups -OCH3 is 1. The van der Waals surface area contributed by atoms with Gasteiger partial charge in [0, 0.05) is 23.7 Å². The highest BCUT2D eigenvalue weighted by molar-refractivity contribution is 7.12. The normalized spacial score (nSPS) is 10.4. The highest BCUT2D eigenvalue weighted by Crippen LogP contribution is 2.22. The molecule has 0 atom stereocenters. The fourth-order valence-electron chi connectivity index (χ4n) is 1.93. The molecular weight excluding hydrogens is 320 g/mol. The number of nitriles is 1. The lowest BCUT2D eigenvalue weighted by molar-refractivity contribution is 0.0473. The van der Waals surface area contributed by atoms with E-state index in [4.69, 9.17) is 14.7 Å². The van der Waals surface area contributed by atoms with Crippen LogP contribution < -0.4 is 10.3 Å². The Morgan fingerprint density at radius 3 is 3.04 bits per heavy atom. The number of hydrogen-bond acceptors (Lipinski definition) is 7. The topological polar surface area (TPSA) is 109 Å². The summed E-state index contributed by atoms with van der Waals surface area (Å²) in [6.45, 7) is -0.166. The Kier molecular flexibility index (Phi) is 3.82. The molecule has 3 rings (SSSR count). The highest BCUT2D eigenvalue weighted by atomic mass is 32.1. The summed E-state index contributed by atoms with van der Waals surface area (Å²) in [6.07, 6.45) is 1.39. The molecule has 1 N–H and O–H groups in total. The molecule has 0 spiro atoms. The van der Waals surface area contributed by atoms with Crippen LogP contribution in [0.15, 0.2) is 28.5 Å². The quantitative estimate of drug-likeness (QED) is 0.723. The maximum absolute atomic E-state index is 11.9. The minimum atomic E-state index is -0.533. The van der Waals surface area contributed by atoms with Gasteiger partial charge in [-0.2, -0.15) is 5.26 Å². The molecular formula is C14H10N4O4S. The van der Waals surface area contributed by atoms with Crippen molar-refractivity contribution in [3.63, 3.8) is 0 Å². The molecule has 0 saturated carbocycles. The third-order valence-electron chi connectivity index (χ3n) is 3.03. The van der Waals surface area contributed by atoms with Gasteiger partial charge in [0.2, 0.25) is 0 Å². The van der Waals surface area contributed by atoms with E-state index in [9.17, 15) is 9.59 Å². The monoisotopic (exact) mass is 330 g/mol. The Hall–Kier alpha value is -3.12. The number of nitrogens with one attached hydrogen (secondary N) is 1. The van der Waals surface area contributed by atoms with Crippen LogP contribution in [0.2, 0.25) is 0 Å². The molecule has 0 radical (unpaired) electrons. The van der Waals surface area contributed by atoms with Crippen LogP contribution in [-0.2, 0) is 11.3 Å². The van der Waals surface area contributed by atoms with Crippen LogP contribution in [-0.4, -0.2) is 27.7 Å². The van der Waals surface area contributed by atoms with E-state index in [-0.39, 0.29) is 29.1 Å². The first kappa shape index (κ1) is 14.8. The molecule has 0 fully saturated rings. The molecule has 0 aliphatic carbocycles. The van der Waals surface area contributed by atoms with E-state index < -0.39 is 5.97 Å². The van der Waals surface area contributed by atoms with E-state index in [1.165, 1.54) is 30.7 Å². The SMILES string of the molecule is COc1csc(C(=O)OCc2cc(=O)n3[nH]cc(C#N)c3n2)c1. The van der Waals surface area contributed by atoms with E-state index in [2.05, 4.69) is 10.1 Å². The summed E-state index contributed by atoms with van der Waals surface area (Å²) in [5, 5.41) is 13.3. The van der Waals surface area contributed by atoms with E-state index in [1.54, 1.807) is 11.4 Å². The van der Waals surface area contributed by atoms with Gasteiger partial charge >= 0.3 is 5.97 Å². The van der Waals surface area contributed by atoms with Crippen molar-refractivity contribution in [1.82, 2.24) is 14.6 Å². The minimum absolute atomic E-state index is 0.166. The van der Waals surface area contributed by atoms with Gasteiger partial charge in [0.15, 0.2) is 5.65 Å². The number of esters is 1. The standard InChI is InChI=1S/C14H10N4O4S/c1-21-10-3-11(23-7-10)14(20)22-6-9-2-12(19)18-13(17-9)8(4-15)5-16-18/h2-3,5,7,16H,6H2,1H3. The van der Waals surface area contributed by atoms with Crippen LogP contribution >= 0.6 is 11.3 Å². The maximum atomic E-state index is 11.9. The number of carbonyl (C=O) groups excluding carboxylic acids is 1. The zero-order valence-electron chi connectivity index (χ0n) is 11.9. The molecule has 0 saturated heterocycles. The number of hydrogen-bond donors (Lipinski definition) is 1. The van der Waals surface area contributed by atoms with Gasteiger partial charge in [-0.15, -0.1) is 11.3 Å². The van der Waals surface area contributed by atoms with Crippen LogP contribution in [0.4, 0.5) is 0 Å². The Balaban J connectivity index is 1.80. The predicted molar refractivity (Wildman–Crippen MR) is 80.5 cm³/mol. The molecule has 3 heterocycles. The number of aromatic amines is 1. The molecule has 3 aromatic rings. The Morgan fingerprint density at radius 2 is 2.35 bits per heavy atom. The largest absolute Gasteiger partial charge is 0.496 e. The van der Waals surface area contributed by atoms with Crippen molar-refractivity contribution in [2.75, 3.05) is 7.11 Å². The second-order valence-electron chi connectivity index (χ2n) is 4.47. The molecule has 0 bridgehead atoms. The Morgan fingerprint density at radius 1 is 1.52 bits per heavy atom. The summed E-state index contributed by atoms with van der Waals surface area (Å²) in [6, 6.07) is 4.74. The molecule has 0 aliphatic rings. The van der Waals surface area contributed by atoms with E-state index in [1.807, 2.05) is 6.07 Å². The Bertz CT molecular complexity index is 979. The van der Waals surface area contributed by atoms with Gasteiger partial charge in [-0.1, -0.05) is 0 Å². The first-order valence-electron chi connectivity index (χ1n) is 6.42. The average Bonchev–Trinajstić information content (AvgIpc) is 3.19. The van der Waals surface area contributed by atoms with Gasteiger partial charge in [0.1, 0.15) is 28.9 Å². The van der Waals surface area contributed by atoms with Crippen LogP contribution in [0.1, 0.15) is 20.9 Å². The van der Waals surface area contributed by atoms with Crippen molar-refractivity contribution in [3.05, 3.63) is 50.2 Å². The van der Waals surface area contributed by atoms with Crippen LogP contribution in [0.5, 0.6) is 5.75 Å². The van der Waals surface area contributed by atoms with Crippen molar-refractivity contribution >= 4 is 23.0 Å². The lowest BCUT2D eigenvalue weighted by Gasteiger charge is -2.03. The number of fused-ring (bicyclic) bond motifs is 1. The minimum Gasteiger partial charge on any atom is -0.496 e. The van der Waals surface area contributed by atoms with Crippen LogP contribution in [0, 0.1) is 11.3 Å². The van der Waals surface area contributed by atoms with Gasteiger partial charge in [-0.3, -0.25) is 9.89 Å². The molecule has 23 heavy (non-hydrogen) atoms. The number of rotatable bonds is 4. The summed E-state index contributed by atoms with van der Waals surface area (Å²) in [7, 11) is 1.51. The molecule has 0 amide bonds. The molecule has 0 aromatic carbocycles. The first-order chi connectivity index (χ1) is 11.1. The van der Waals surface area contributed by atoms with Gasteiger partial charge in [-0.25, -0.2) is 14.3 Å². The van der Waals surface area contributed by atoms with Crippen LogP contribution in [0.25, 0.3) is 5.65 Å². The van der Waals surface area contributed by atoms with Gasteiger partial charge in [0.25, 0.3) is 5.56 Å². The van der Waals surface area contributed by atoms with E-state index in [0.29, 0.717) is 10.6 Å². The molecule has 3 aromatic heterocycles. The van der Waals surface area contributed by atoms with Crippen molar-refractivity contribution in [3.8, 4) is 11.8 Å². The summed E-state index contributed by atoms with van der Waals surface area (Å²) >= 11 is 1.20. The van der Waals surface area contributed by atoms with Crippen molar-refractivity contribution in [2.24, 2.45) is 0 Å². The van der Waals surface area contributed by atoms with Gasteiger partial charge in [0.05, 0.1) is 12.8 Å². The number of nitrogens with zero attached hydrogens (tertiary/aromatic N) is 3. The number of aromatic nitrogens is 3. The number of thiophene rings is 1. The predicted octanol–water partition coefficient (Wildman–Crippen LogP) is 1.32. The molecule has 8 nitrogen and oxygen atoms in total. The molecule has 116 valence electrons. The molecule has 0 aliphatic heterocycles. The number of ether oxygens (including phenoxy) is 2. The van der Waals surface area contributed by atoms with Gasteiger partial charge < -0.3 is 9.47 Å². The maximum Gasteiger partial charge on any atom is 0.348 e. The zero-order chi connectivity index (χ0) is 16.4. The summed E-state index contributed by atoms with van der Waals surface area (Å²) in [5.41, 5.74) is 0.311. The second-order valence-corrected chi connectivity index (χ2v) is 5.38. The fraction of sp³-hybridized carbons (Fsp3) is 0.143. The zero-order valence-corrected chi connectivity index (χ0v) is 12.7. The lowest BCUT2D eigenvalue weighted by atomic mass is 10.3. The summed E-state index contributed by atoms with van der Waals surface area (Å²) in [5.74, 6) is 0.0422. The Labute approximate surface area is 133 Å². The average molecular weight is 330 g/mol. The smallest absolute Gasteiger partial charge is 0.348 e. The van der Waals surface area contributed by atoms with Crippen molar-refractivity contribution in [1.29, 1.82) is 5.26 Å². The van der Waals surface area contributed by atoms with Crippen molar-refractivity contribution in [2.45, 2.75) is 6.61 Å². The summed E-state index contributed by atoms with van der Waals surface area (Å²) in [4.78, 5) is 28.4. The fourth-order valence-corrected chi connectivity index (χ4v) is 2.68. The number of H-pyrrole nitrogens is 1. The molecule has 9 heteroatoms. The highest BCUT2D eigenvalue weighted by Gasteiger charge is 2.13. The number of carbonyl (C=O) groups is 1. The van der Waals surface area contributed by atoms with Crippen molar-refractivity contribution < 1.29 is 14.3 Å². The lowest BCUT2D eigenvalue weighted by Crippen LogP contribution is -2.16. The third kappa shape index (κ3) is 2.79. The summed E-state index contributed by atoms with van der Waals surface area (Å²) < 4.78 is 11.3. The van der Waals surface area contributed by atoms with E-state index >= 15 is 0 Å².